The highest BCUT2D eigenvalue weighted by Gasteiger charge is 2.12. The molecule has 0 bridgehead atoms. The first-order valence-corrected chi connectivity index (χ1v) is 5.30. The summed E-state index contributed by atoms with van der Waals surface area (Å²) in [6, 6.07) is 0. The molecule has 0 spiro atoms. The monoisotopic (exact) mass is 250 g/mol. The molecular weight excluding hydrogens is 236 g/mol. The highest BCUT2D eigenvalue weighted by molar-refractivity contribution is 5.88. The Hall–Kier alpha value is -2.45. The molecule has 2 rings (SSSR count). The molecule has 9 nitrogen and oxygen atoms in total. The van der Waals surface area contributed by atoms with E-state index in [4.69, 9.17) is 5.73 Å². The van der Waals surface area contributed by atoms with Gasteiger partial charge in [-0.3, -0.25) is 14.8 Å². The number of nitrogen functional groups attached to an aromatic ring is 1. The van der Waals surface area contributed by atoms with Gasteiger partial charge < -0.3 is 5.73 Å². The van der Waals surface area contributed by atoms with Crippen molar-refractivity contribution >= 4 is 17.5 Å². The van der Waals surface area contributed by atoms with Gasteiger partial charge in [-0.15, -0.1) is 5.10 Å². The Morgan fingerprint density at radius 3 is 2.61 bits per heavy atom. The molecular formula is C9H14N8O. The summed E-state index contributed by atoms with van der Waals surface area (Å²) in [5.41, 5.74) is 7.84. The highest BCUT2D eigenvalue weighted by Crippen LogP contribution is 2.14. The minimum Gasteiger partial charge on any atom is -0.396 e. The van der Waals surface area contributed by atoms with Gasteiger partial charge in [0.2, 0.25) is 5.91 Å². The van der Waals surface area contributed by atoms with E-state index >= 15 is 0 Å². The molecule has 0 aliphatic carbocycles. The second-order valence-corrected chi connectivity index (χ2v) is 3.89. The normalized spacial score (nSPS) is 10.6. The van der Waals surface area contributed by atoms with E-state index in [0.29, 0.717) is 11.4 Å². The topological polar surface area (TPSA) is 117 Å². The molecule has 2 heterocycles. The van der Waals surface area contributed by atoms with Crippen molar-refractivity contribution in [3.63, 3.8) is 0 Å². The van der Waals surface area contributed by atoms with Crippen LogP contribution in [0.3, 0.4) is 0 Å². The Morgan fingerprint density at radius 1 is 1.39 bits per heavy atom. The fraction of sp³-hybridized carbons (Fsp3) is 0.444. The molecule has 18 heavy (non-hydrogen) atoms. The van der Waals surface area contributed by atoms with Crippen LogP contribution in [0.5, 0.6) is 0 Å². The zero-order chi connectivity index (χ0) is 13.3. The van der Waals surface area contributed by atoms with Crippen LogP contribution in [0.15, 0.2) is 0 Å². The first-order valence-electron chi connectivity index (χ1n) is 5.30. The molecule has 2 aromatic heterocycles. The lowest BCUT2D eigenvalue weighted by Crippen LogP contribution is -2.21. The van der Waals surface area contributed by atoms with Crippen LogP contribution in [0.2, 0.25) is 0 Å². The van der Waals surface area contributed by atoms with E-state index in [1.54, 1.807) is 14.0 Å². The Labute approximate surface area is 103 Å². The second kappa shape index (κ2) is 4.43. The van der Waals surface area contributed by atoms with E-state index in [0.717, 1.165) is 5.69 Å². The maximum Gasteiger partial charge on any atom is 0.270 e. The maximum absolute atomic E-state index is 11.7. The van der Waals surface area contributed by atoms with Gasteiger partial charge in [0.1, 0.15) is 6.54 Å². The summed E-state index contributed by atoms with van der Waals surface area (Å²) in [4.78, 5) is 13.0. The van der Waals surface area contributed by atoms with Crippen LogP contribution in [0.4, 0.5) is 11.6 Å². The number of nitrogens with two attached hydrogens (primary N) is 1. The lowest BCUT2D eigenvalue weighted by atomic mass is 10.3. The van der Waals surface area contributed by atoms with Crippen molar-refractivity contribution in [3.8, 4) is 0 Å². The van der Waals surface area contributed by atoms with Crippen LogP contribution in [0, 0.1) is 13.8 Å². The van der Waals surface area contributed by atoms with Crippen molar-refractivity contribution in [3.05, 3.63) is 11.4 Å². The number of nitrogens with one attached hydrogen (secondary N) is 1. The number of hydrogen-bond acceptors (Lipinski definition) is 6. The van der Waals surface area contributed by atoms with Crippen molar-refractivity contribution < 1.29 is 4.79 Å². The van der Waals surface area contributed by atoms with Gasteiger partial charge in [-0.25, -0.2) is 0 Å². The first kappa shape index (κ1) is 12.0. The molecule has 2 aromatic rings. The fourth-order valence-electron chi connectivity index (χ4n) is 1.50. The molecule has 1 amide bonds. The number of rotatable bonds is 3. The van der Waals surface area contributed by atoms with Crippen molar-refractivity contribution in [2.45, 2.75) is 20.4 Å². The van der Waals surface area contributed by atoms with Gasteiger partial charge in [-0.05, 0) is 19.1 Å². The molecule has 9 heteroatoms. The third-order valence-electron chi connectivity index (χ3n) is 2.49. The van der Waals surface area contributed by atoms with E-state index < -0.39 is 0 Å². The Morgan fingerprint density at radius 2 is 2.11 bits per heavy atom. The number of carbonyl (C=O) groups excluding carboxylic acids is 1. The summed E-state index contributed by atoms with van der Waals surface area (Å²) in [6.07, 6.45) is 0. The fourth-order valence-corrected chi connectivity index (χ4v) is 1.50. The molecule has 0 radical (unpaired) electrons. The van der Waals surface area contributed by atoms with Gasteiger partial charge in [0.15, 0.2) is 0 Å². The number of aryl methyl sites for hydroxylation is 2. The Bertz CT molecular complexity index is 583. The summed E-state index contributed by atoms with van der Waals surface area (Å²) >= 11 is 0. The van der Waals surface area contributed by atoms with Crippen molar-refractivity contribution in [2.24, 2.45) is 7.05 Å². The van der Waals surface area contributed by atoms with Gasteiger partial charge >= 0.3 is 0 Å². The van der Waals surface area contributed by atoms with Gasteiger partial charge in [-0.1, -0.05) is 5.10 Å². The molecule has 0 atom stereocenters. The van der Waals surface area contributed by atoms with Gasteiger partial charge in [0, 0.05) is 0 Å². The summed E-state index contributed by atoms with van der Waals surface area (Å²) in [5.74, 6) is -0.120. The molecule has 96 valence electrons. The average molecular weight is 250 g/mol. The number of aromatic nitrogens is 6. The molecule has 0 saturated heterocycles. The molecule has 3 N–H and O–H groups in total. The van der Waals surface area contributed by atoms with E-state index in [2.05, 4.69) is 25.8 Å². The molecule has 0 unspecified atom stereocenters. The van der Waals surface area contributed by atoms with Crippen LogP contribution in [0.1, 0.15) is 11.4 Å². The molecule has 0 aliphatic rings. The van der Waals surface area contributed by atoms with Crippen LogP contribution in [-0.4, -0.2) is 35.9 Å². The zero-order valence-electron chi connectivity index (χ0n) is 10.4. The highest BCUT2D eigenvalue weighted by atomic mass is 16.2. The summed E-state index contributed by atoms with van der Waals surface area (Å²) < 4.78 is 1.54. The molecule has 0 aromatic carbocycles. The number of carbonyl (C=O) groups is 1. The number of hydrogen-bond donors (Lipinski definition) is 2. The van der Waals surface area contributed by atoms with Gasteiger partial charge in [0.05, 0.1) is 24.1 Å². The molecule has 0 saturated carbocycles. The third kappa shape index (κ3) is 2.29. The van der Waals surface area contributed by atoms with E-state index in [-0.39, 0.29) is 18.4 Å². The standard InChI is InChI=1S/C9H14N8O/c1-5-8(10)6(2)17(13-5)4-7(18)11-9-12-15-16(3)14-9/h4,10H2,1-3H3,(H,11,14,18). The Balaban J connectivity index is 2.05. The first-order chi connectivity index (χ1) is 8.47. The van der Waals surface area contributed by atoms with Gasteiger partial charge in [0.25, 0.3) is 5.95 Å². The summed E-state index contributed by atoms with van der Waals surface area (Å²) in [7, 11) is 1.62. The van der Waals surface area contributed by atoms with Crippen molar-refractivity contribution in [2.75, 3.05) is 11.1 Å². The van der Waals surface area contributed by atoms with Crippen LogP contribution in [-0.2, 0) is 18.4 Å². The minimum absolute atomic E-state index is 0.0577. The predicted octanol–water partition coefficient (Wildman–Crippen LogP) is -0.756. The minimum atomic E-state index is -0.284. The molecule has 0 aliphatic heterocycles. The summed E-state index contributed by atoms with van der Waals surface area (Å²) in [5, 5.41) is 17.8. The third-order valence-corrected chi connectivity index (χ3v) is 2.49. The van der Waals surface area contributed by atoms with Crippen molar-refractivity contribution in [1.29, 1.82) is 0 Å². The van der Waals surface area contributed by atoms with E-state index in [1.807, 2.05) is 6.92 Å². The van der Waals surface area contributed by atoms with Crippen LogP contribution >= 0.6 is 0 Å². The lowest BCUT2D eigenvalue weighted by Gasteiger charge is -2.03. The maximum atomic E-state index is 11.7. The second-order valence-electron chi connectivity index (χ2n) is 3.89. The SMILES string of the molecule is Cc1nn(CC(=O)Nc2nnn(C)n2)c(C)c1N. The van der Waals surface area contributed by atoms with Crippen molar-refractivity contribution in [1.82, 2.24) is 30.0 Å². The molecule has 0 fully saturated rings. The Kier molecular flexibility index (Phi) is 2.96. The smallest absolute Gasteiger partial charge is 0.270 e. The van der Waals surface area contributed by atoms with Crippen LogP contribution in [0.25, 0.3) is 0 Å². The van der Waals surface area contributed by atoms with Gasteiger partial charge in [-0.2, -0.15) is 9.90 Å². The number of amides is 1. The number of tetrazole rings is 1. The van der Waals surface area contributed by atoms with E-state index in [9.17, 15) is 4.79 Å². The zero-order valence-corrected chi connectivity index (χ0v) is 10.4. The lowest BCUT2D eigenvalue weighted by molar-refractivity contribution is -0.117. The quantitative estimate of drug-likeness (QED) is 0.739. The van der Waals surface area contributed by atoms with E-state index in [1.165, 1.54) is 9.48 Å². The predicted molar refractivity (Wildman–Crippen MR) is 63.5 cm³/mol. The number of anilines is 2. The average Bonchev–Trinajstić information content (AvgIpc) is 2.80. The van der Waals surface area contributed by atoms with Crippen LogP contribution < -0.4 is 11.1 Å². The summed E-state index contributed by atoms with van der Waals surface area (Å²) in [6.45, 7) is 3.66. The number of nitrogens with zero attached hydrogens (tertiary/aromatic N) is 6. The largest absolute Gasteiger partial charge is 0.396 e.